The number of H-pyrrole nitrogens is 1. The molecule has 1 aromatic carbocycles. The zero-order valence-corrected chi connectivity index (χ0v) is 12.8. The van der Waals surface area contributed by atoms with Crippen molar-refractivity contribution in [3.8, 4) is 5.75 Å². The summed E-state index contributed by atoms with van der Waals surface area (Å²) >= 11 is 0. The molecule has 0 saturated carbocycles. The van der Waals surface area contributed by atoms with Crippen LogP contribution >= 0.6 is 0 Å². The number of ether oxygens (including phenoxy) is 2. The van der Waals surface area contributed by atoms with Gasteiger partial charge in [0.25, 0.3) is 5.91 Å². The molecule has 0 atom stereocenters. The molecule has 2 heterocycles. The molecular weight excluding hydrogens is 296 g/mol. The standard InChI is InChI=1S/C16H18N4O3/c1-22-10-9-20-8-5-12-13(20)3-2-4-14(12)23-11-15(21)19-16-17-6-7-18-16/h2-8H,9-11H2,1H3,(H2,17,18,19,21). The van der Waals surface area contributed by atoms with Gasteiger partial charge in [-0.2, -0.15) is 0 Å². The molecular formula is C16H18N4O3. The highest BCUT2D eigenvalue weighted by atomic mass is 16.5. The van der Waals surface area contributed by atoms with E-state index in [2.05, 4.69) is 19.9 Å². The van der Waals surface area contributed by atoms with Gasteiger partial charge in [0.1, 0.15) is 5.75 Å². The Kier molecular flexibility index (Phi) is 4.58. The van der Waals surface area contributed by atoms with Crippen LogP contribution in [0.1, 0.15) is 0 Å². The summed E-state index contributed by atoms with van der Waals surface area (Å²) < 4.78 is 12.9. The molecule has 0 aliphatic heterocycles. The highest BCUT2D eigenvalue weighted by molar-refractivity contribution is 5.91. The fourth-order valence-corrected chi connectivity index (χ4v) is 2.35. The van der Waals surface area contributed by atoms with Crippen LogP contribution in [0.25, 0.3) is 10.9 Å². The maximum atomic E-state index is 11.8. The Labute approximate surface area is 133 Å². The van der Waals surface area contributed by atoms with Crippen LogP contribution in [0, 0.1) is 0 Å². The normalized spacial score (nSPS) is 10.8. The molecule has 0 aliphatic rings. The van der Waals surface area contributed by atoms with E-state index in [1.807, 2.05) is 30.5 Å². The first-order valence-electron chi connectivity index (χ1n) is 7.27. The van der Waals surface area contributed by atoms with Crippen molar-refractivity contribution < 1.29 is 14.3 Å². The van der Waals surface area contributed by atoms with Crippen LogP contribution < -0.4 is 10.1 Å². The zero-order valence-electron chi connectivity index (χ0n) is 12.8. The summed E-state index contributed by atoms with van der Waals surface area (Å²) in [6, 6.07) is 7.75. The number of fused-ring (bicyclic) bond motifs is 1. The van der Waals surface area contributed by atoms with Crippen molar-refractivity contribution >= 4 is 22.8 Å². The van der Waals surface area contributed by atoms with Gasteiger partial charge in [0.05, 0.1) is 12.1 Å². The van der Waals surface area contributed by atoms with Gasteiger partial charge in [0.15, 0.2) is 6.61 Å². The topological polar surface area (TPSA) is 81.2 Å². The van der Waals surface area contributed by atoms with Gasteiger partial charge in [0, 0.05) is 37.6 Å². The monoisotopic (exact) mass is 314 g/mol. The number of methoxy groups -OCH3 is 1. The molecule has 7 nitrogen and oxygen atoms in total. The molecule has 0 saturated heterocycles. The molecule has 3 rings (SSSR count). The third-order valence-corrected chi connectivity index (χ3v) is 3.42. The van der Waals surface area contributed by atoms with Crippen LogP contribution in [-0.4, -0.2) is 40.8 Å². The van der Waals surface area contributed by atoms with Crippen LogP contribution in [0.15, 0.2) is 42.9 Å². The van der Waals surface area contributed by atoms with Crippen LogP contribution in [0.4, 0.5) is 5.95 Å². The summed E-state index contributed by atoms with van der Waals surface area (Å²) in [5, 5.41) is 3.59. The number of nitrogens with one attached hydrogen (secondary N) is 2. The number of carbonyl (C=O) groups is 1. The number of rotatable bonds is 7. The van der Waals surface area contributed by atoms with Crippen molar-refractivity contribution in [1.29, 1.82) is 0 Å². The number of benzene rings is 1. The number of nitrogens with zero attached hydrogens (tertiary/aromatic N) is 2. The van der Waals surface area contributed by atoms with Crippen LogP contribution in [-0.2, 0) is 16.1 Å². The molecule has 7 heteroatoms. The van der Waals surface area contributed by atoms with E-state index in [-0.39, 0.29) is 12.5 Å². The van der Waals surface area contributed by atoms with Gasteiger partial charge < -0.3 is 19.0 Å². The Balaban J connectivity index is 1.68. The van der Waals surface area contributed by atoms with Gasteiger partial charge in [-0.15, -0.1) is 0 Å². The Morgan fingerprint density at radius 2 is 2.30 bits per heavy atom. The van der Waals surface area contributed by atoms with Crippen LogP contribution in [0.5, 0.6) is 5.75 Å². The van der Waals surface area contributed by atoms with Gasteiger partial charge in [-0.3, -0.25) is 10.1 Å². The summed E-state index contributed by atoms with van der Waals surface area (Å²) in [5.74, 6) is 0.812. The van der Waals surface area contributed by atoms with Crippen molar-refractivity contribution in [3.05, 3.63) is 42.9 Å². The number of aromatic nitrogens is 3. The summed E-state index contributed by atoms with van der Waals surface area (Å²) in [6.07, 6.45) is 5.19. The van der Waals surface area contributed by atoms with E-state index in [1.54, 1.807) is 19.5 Å². The molecule has 0 unspecified atom stereocenters. The number of hydrogen-bond donors (Lipinski definition) is 2. The Morgan fingerprint density at radius 1 is 1.39 bits per heavy atom. The number of carbonyl (C=O) groups excluding carboxylic acids is 1. The number of amides is 1. The third kappa shape index (κ3) is 3.51. The smallest absolute Gasteiger partial charge is 0.264 e. The first-order chi connectivity index (χ1) is 11.3. The first kappa shape index (κ1) is 15.1. The lowest BCUT2D eigenvalue weighted by atomic mass is 10.2. The largest absolute Gasteiger partial charge is 0.483 e. The van der Waals surface area contributed by atoms with E-state index in [1.165, 1.54) is 0 Å². The van der Waals surface area contributed by atoms with Crippen LogP contribution in [0.2, 0.25) is 0 Å². The van der Waals surface area contributed by atoms with E-state index < -0.39 is 0 Å². The maximum absolute atomic E-state index is 11.8. The number of anilines is 1. The van der Waals surface area contributed by atoms with Gasteiger partial charge in [-0.25, -0.2) is 4.98 Å². The Hall–Kier alpha value is -2.80. The molecule has 0 bridgehead atoms. The molecule has 23 heavy (non-hydrogen) atoms. The second-order valence-electron chi connectivity index (χ2n) is 4.97. The second kappa shape index (κ2) is 6.97. The van der Waals surface area contributed by atoms with Crippen LogP contribution in [0.3, 0.4) is 0 Å². The average Bonchev–Trinajstić information content (AvgIpc) is 3.20. The van der Waals surface area contributed by atoms with E-state index >= 15 is 0 Å². The number of aromatic amines is 1. The van der Waals surface area contributed by atoms with Crippen molar-refractivity contribution in [2.75, 3.05) is 25.6 Å². The highest BCUT2D eigenvalue weighted by Crippen LogP contribution is 2.26. The molecule has 2 N–H and O–H groups in total. The predicted octanol–water partition coefficient (Wildman–Crippen LogP) is 2.03. The van der Waals surface area contributed by atoms with E-state index in [0.717, 1.165) is 17.4 Å². The third-order valence-electron chi connectivity index (χ3n) is 3.42. The van der Waals surface area contributed by atoms with Crippen molar-refractivity contribution in [2.45, 2.75) is 6.54 Å². The van der Waals surface area contributed by atoms with Gasteiger partial charge in [-0.05, 0) is 18.2 Å². The SMILES string of the molecule is COCCn1ccc2c(OCC(=O)Nc3ncc[nH]3)cccc21. The fourth-order valence-electron chi connectivity index (χ4n) is 2.35. The molecule has 2 aromatic heterocycles. The minimum Gasteiger partial charge on any atom is -0.483 e. The maximum Gasteiger partial charge on any atom is 0.264 e. The van der Waals surface area contributed by atoms with Crippen molar-refractivity contribution in [3.63, 3.8) is 0 Å². The van der Waals surface area contributed by atoms with E-state index in [0.29, 0.717) is 18.3 Å². The number of imidazole rings is 1. The Morgan fingerprint density at radius 3 is 3.09 bits per heavy atom. The zero-order chi connectivity index (χ0) is 16.1. The Bertz CT molecular complexity index is 780. The molecule has 3 aromatic rings. The molecule has 0 spiro atoms. The summed E-state index contributed by atoms with van der Waals surface area (Å²) in [4.78, 5) is 18.6. The lowest BCUT2D eigenvalue weighted by molar-refractivity contribution is -0.118. The first-order valence-corrected chi connectivity index (χ1v) is 7.27. The summed E-state index contributed by atoms with van der Waals surface area (Å²) in [5.41, 5.74) is 1.05. The molecule has 0 aliphatic carbocycles. The molecule has 0 fully saturated rings. The number of hydrogen-bond acceptors (Lipinski definition) is 4. The lowest BCUT2D eigenvalue weighted by Gasteiger charge is -2.08. The molecule has 1 amide bonds. The molecule has 0 radical (unpaired) electrons. The molecule has 120 valence electrons. The lowest BCUT2D eigenvalue weighted by Crippen LogP contribution is -2.20. The highest BCUT2D eigenvalue weighted by Gasteiger charge is 2.09. The van der Waals surface area contributed by atoms with E-state index in [4.69, 9.17) is 9.47 Å². The van der Waals surface area contributed by atoms with Gasteiger partial charge in [-0.1, -0.05) is 6.07 Å². The minimum atomic E-state index is -0.268. The summed E-state index contributed by atoms with van der Waals surface area (Å²) in [6.45, 7) is 1.33. The predicted molar refractivity (Wildman–Crippen MR) is 86.5 cm³/mol. The average molecular weight is 314 g/mol. The quantitative estimate of drug-likeness (QED) is 0.699. The second-order valence-corrected chi connectivity index (χ2v) is 4.97. The van der Waals surface area contributed by atoms with Gasteiger partial charge in [0.2, 0.25) is 5.95 Å². The summed E-state index contributed by atoms with van der Waals surface area (Å²) in [7, 11) is 1.68. The van der Waals surface area contributed by atoms with Crippen molar-refractivity contribution in [1.82, 2.24) is 14.5 Å². The van der Waals surface area contributed by atoms with Crippen molar-refractivity contribution in [2.24, 2.45) is 0 Å². The van der Waals surface area contributed by atoms with Gasteiger partial charge >= 0.3 is 0 Å². The van der Waals surface area contributed by atoms with E-state index in [9.17, 15) is 4.79 Å². The minimum absolute atomic E-state index is 0.0803. The fraction of sp³-hybridized carbons (Fsp3) is 0.250.